The highest BCUT2D eigenvalue weighted by Gasteiger charge is 2.17. The van der Waals surface area contributed by atoms with Crippen LogP contribution in [-0.4, -0.2) is 19.0 Å². The molecule has 0 fully saturated rings. The second-order valence-electron chi connectivity index (χ2n) is 4.59. The van der Waals surface area contributed by atoms with Crippen LogP contribution in [0, 0.1) is 11.8 Å². The molecule has 0 aromatic heterocycles. The lowest BCUT2D eigenvalue weighted by Gasteiger charge is -2.15. The van der Waals surface area contributed by atoms with Crippen LogP contribution in [0.15, 0.2) is 24.3 Å². The molecule has 0 aliphatic heterocycles. The summed E-state index contributed by atoms with van der Waals surface area (Å²) >= 11 is 0. The standard InChI is InChI=1S/C14H19NO3/c1-9(2)10(3)13(16)15-12-7-5-6-11(8-12)14(17)18-4/h5-10H,1-4H3,(H,15,16). The summed E-state index contributed by atoms with van der Waals surface area (Å²) in [4.78, 5) is 23.2. The lowest BCUT2D eigenvalue weighted by molar-refractivity contribution is -0.120. The Kier molecular flexibility index (Phi) is 4.89. The Morgan fingerprint density at radius 1 is 1.22 bits per heavy atom. The predicted molar refractivity (Wildman–Crippen MR) is 70.4 cm³/mol. The van der Waals surface area contributed by atoms with Crippen molar-refractivity contribution in [3.8, 4) is 0 Å². The largest absolute Gasteiger partial charge is 0.465 e. The molecule has 0 spiro atoms. The van der Waals surface area contributed by atoms with Crippen LogP contribution in [0.2, 0.25) is 0 Å². The number of ether oxygens (including phenoxy) is 1. The van der Waals surface area contributed by atoms with Gasteiger partial charge < -0.3 is 10.1 Å². The summed E-state index contributed by atoms with van der Waals surface area (Å²) in [6, 6.07) is 6.71. The number of carbonyl (C=O) groups excluding carboxylic acids is 2. The first kappa shape index (κ1) is 14.2. The highest BCUT2D eigenvalue weighted by Crippen LogP contribution is 2.15. The minimum atomic E-state index is -0.414. The zero-order chi connectivity index (χ0) is 13.7. The van der Waals surface area contributed by atoms with Gasteiger partial charge in [-0.05, 0) is 24.1 Å². The van der Waals surface area contributed by atoms with E-state index in [1.165, 1.54) is 7.11 Å². The van der Waals surface area contributed by atoms with E-state index in [1.54, 1.807) is 24.3 Å². The average Bonchev–Trinajstić information content (AvgIpc) is 2.36. The fourth-order valence-electron chi connectivity index (χ4n) is 1.40. The number of benzene rings is 1. The molecule has 1 rings (SSSR count). The van der Waals surface area contributed by atoms with Crippen molar-refractivity contribution in [3.05, 3.63) is 29.8 Å². The van der Waals surface area contributed by atoms with Crippen molar-refractivity contribution in [3.63, 3.8) is 0 Å². The van der Waals surface area contributed by atoms with Crippen LogP contribution in [0.4, 0.5) is 5.69 Å². The number of anilines is 1. The Hall–Kier alpha value is -1.84. The summed E-state index contributed by atoms with van der Waals surface area (Å²) in [5.74, 6) is -0.268. The fourth-order valence-corrected chi connectivity index (χ4v) is 1.40. The van der Waals surface area contributed by atoms with E-state index in [-0.39, 0.29) is 17.7 Å². The number of nitrogens with one attached hydrogen (secondary N) is 1. The second-order valence-corrected chi connectivity index (χ2v) is 4.59. The zero-order valence-electron chi connectivity index (χ0n) is 11.2. The van der Waals surface area contributed by atoms with Crippen molar-refractivity contribution >= 4 is 17.6 Å². The monoisotopic (exact) mass is 249 g/mol. The topological polar surface area (TPSA) is 55.4 Å². The number of carbonyl (C=O) groups is 2. The van der Waals surface area contributed by atoms with Gasteiger partial charge in [0.05, 0.1) is 12.7 Å². The van der Waals surface area contributed by atoms with Crippen LogP contribution in [-0.2, 0) is 9.53 Å². The van der Waals surface area contributed by atoms with Crippen LogP contribution in [0.3, 0.4) is 0 Å². The summed E-state index contributed by atoms with van der Waals surface area (Å²) < 4.78 is 4.63. The molecule has 1 amide bonds. The number of hydrogen-bond acceptors (Lipinski definition) is 3. The number of rotatable bonds is 4. The minimum Gasteiger partial charge on any atom is -0.465 e. The fraction of sp³-hybridized carbons (Fsp3) is 0.429. The van der Waals surface area contributed by atoms with Gasteiger partial charge in [-0.2, -0.15) is 0 Å². The van der Waals surface area contributed by atoms with Gasteiger partial charge in [0, 0.05) is 11.6 Å². The molecule has 0 radical (unpaired) electrons. The van der Waals surface area contributed by atoms with E-state index in [0.717, 1.165) is 0 Å². The highest BCUT2D eigenvalue weighted by molar-refractivity contribution is 5.95. The molecule has 98 valence electrons. The molecule has 4 heteroatoms. The number of amides is 1. The van der Waals surface area contributed by atoms with Crippen LogP contribution in [0.25, 0.3) is 0 Å². The Bertz CT molecular complexity index is 440. The lowest BCUT2D eigenvalue weighted by atomic mass is 9.97. The Morgan fingerprint density at radius 3 is 2.44 bits per heavy atom. The van der Waals surface area contributed by atoms with Crippen LogP contribution >= 0.6 is 0 Å². The molecule has 1 N–H and O–H groups in total. The van der Waals surface area contributed by atoms with Crippen molar-refractivity contribution in [2.24, 2.45) is 11.8 Å². The number of methoxy groups -OCH3 is 1. The molecular formula is C14H19NO3. The van der Waals surface area contributed by atoms with Crippen molar-refractivity contribution in [1.29, 1.82) is 0 Å². The van der Waals surface area contributed by atoms with E-state index in [9.17, 15) is 9.59 Å². The van der Waals surface area contributed by atoms with Crippen molar-refractivity contribution < 1.29 is 14.3 Å². The molecule has 0 heterocycles. The molecule has 0 aliphatic rings. The maximum absolute atomic E-state index is 11.9. The molecule has 1 aromatic rings. The van der Waals surface area contributed by atoms with Crippen LogP contribution < -0.4 is 5.32 Å². The van der Waals surface area contributed by atoms with E-state index in [2.05, 4.69) is 10.1 Å². The van der Waals surface area contributed by atoms with E-state index in [1.807, 2.05) is 20.8 Å². The van der Waals surface area contributed by atoms with E-state index >= 15 is 0 Å². The first-order valence-corrected chi connectivity index (χ1v) is 5.95. The molecule has 0 aliphatic carbocycles. The van der Waals surface area contributed by atoms with Gasteiger partial charge in [-0.15, -0.1) is 0 Å². The molecule has 18 heavy (non-hydrogen) atoms. The van der Waals surface area contributed by atoms with Gasteiger partial charge in [-0.1, -0.05) is 26.8 Å². The maximum Gasteiger partial charge on any atom is 0.337 e. The molecule has 0 bridgehead atoms. The third kappa shape index (κ3) is 3.58. The molecule has 0 saturated carbocycles. The predicted octanol–water partition coefficient (Wildman–Crippen LogP) is 2.70. The molecule has 4 nitrogen and oxygen atoms in total. The first-order valence-electron chi connectivity index (χ1n) is 5.95. The summed E-state index contributed by atoms with van der Waals surface area (Å²) in [5, 5.41) is 2.80. The summed E-state index contributed by atoms with van der Waals surface area (Å²) in [5.41, 5.74) is 1.03. The first-order chi connectivity index (χ1) is 8.45. The van der Waals surface area contributed by atoms with Crippen LogP contribution in [0.5, 0.6) is 0 Å². The minimum absolute atomic E-state index is 0.0491. The van der Waals surface area contributed by atoms with Gasteiger partial charge in [-0.3, -0.25) is 4.79 Å². The lowest BCUT2D eigenvalue weighted by Crippen LogP contribution is -2.24. The van der Waals surface area contributed by atoms with Gasteiger partial charge in [0.1, 0.15) is 0 Å². The normalized spacial score (nSPS) is 12.1. The second kappa shape index (κ2) is 6.19. The Morgan fingerprint density at radius 2 is 1.89 bits per heavy atom. The van der Waals surface area contributed by atoms with Crippen molar-refractivity contribution in [1.82, 2.24) is 0 Å². The van der Waals surface area contributed by atoms with Crippen molar-refractivity contribution in [2.75, 3.05) is 12.4 Å². The molecule has 1 unspecified atom stereocenters. The number of esters is 1. The van der Waals surface area contributed by atoms with E-state index < -0.39 is 5.97 Å². The van der Waals surface area contributed by atoms with Crippen LogP contribution in [0.1, 0.15) is 31.1 Å². The highest BCUT2D eigenvalue weighted by atomic mass is 16.5. The third-order valence-corrected chi connectivity index (χ3v) is 2.96. The average molecular weight is 249 g/mol. The van der Waals surface area contributed by atoms with Gasteiger partial charge in [0.25, 0.3) is 0 Å². The van der Waals surface area contributed by atoms with Gasteiger partial charge in [0.15, 0.2) is 0 Å². The Balaban J connectivity index is 2.79. The molecule has 0 saturated heterocycles. The van der Waals surface area contributed by atoms with E-state index in [4.69, 9.17) is 0 Å². The molecular weight excluding hydrogens is 230 g/mol. The smallest absolute Gasteiger partial charge is 0.337 e. The third-order valence-electron chi connectivity index (χ3n) is 2.96. The molecule has 1 atom stereocenters. The van der Waals surface area contributed by atoms with Gasteiger partial charge >= 0.3 is 5.97 Å². The summed E-state index contributed by atoms with van der Waals surface area (Å²) in [7, 11) is 1.33. The summed E-state index contributed by atoms with van der Waals surface area (Å²) in [6.45, 7) is 5.87. The molecule has 1 aromatic carbocycles. The van der Waals surface area contributed by atoms with Gasteiger partial charge in [0.2, 0.25) is 5.91 Å². The zero-order valence-corrected chi connectivity index (χ0v) is 11.2. The van der Waals surface area contributed by atoms with E-state index in [0.29, 0.717) is 11.3 Å². The number of hydrogen-bond donors (Lipinski definition) is 1. The summed E-state index contributed by atoms with van der Waals surface area (Å²) in [6.07, 6.45) is 0. The van der Waals surface area contributed by atoms with Crippen molar-refractivity contribution in [2.45, 2.75) is 20.8 Å². The van der Waals surface area contributed by atoms with Gasteiger partial charge in [-0.25, -0.2) is 4.79 Å². The Labute approximate surface area is 107 Å². The quantitative estimate of drug-likeness (QED) is 0.835. The SMILES string of the molecule is COC(=O)c1cccc(NC(=O)C(C)C(C)C)c1. The maximum atomic E-state index is 11.9.